The first kappa shape index (κ1) is 22.1. The molecular weight excluding hydrogens is 354 g/mol. The molecule has 27 heavy (non-hydrogen) atoms. The van der Waals surface area contributed by atoms with Gasteiger partial charge in [-0.05, 0) is 61.2 Å². The van der Waals surface area contributed by atoms with Crippen molar-refractivity contribution in [1.29, 1.82) is 0 Å². The number of ether oxygens (including phenoxy) is 1. The van der Waals surface area contributed by atoms with Gasteiger partial charge in [0.2, 0.25) is 0 Å². The zero-order valence-corrected chi connectivity index (χ0v) is 19.7. The fourth-order valence-corrected chi connectivity index (χ4v) is 4.63. The van der Waals surface area contributed by atoms with Gasteiger partial charge in [0.25, 0.3) is 8.32 Å². The summed E-state index contributed by atoms with van der Waals surface area (Å²) >= 11 is 0. The van der Waals surface area contributed by atoms with E-state index in [-0.39, 0.29) is 17.1 Å². The molecule has 0 spiro atoms. The zero-order valence-electron chi connectivity index (χ0n) is 18.7. The highest BCUT2D eigenvalue weighted by Crippen LogP contribution is 2.38. The molecule has 1 aliphatic carbocycles. The second-order valence-corrected chi connectivity index (χ2v) is 15.0. The molecule has 0 amide bonds. The lowest BCUT2D eigenvalue weighted by atomic mass is 9.75. The van der Waals surface area contributed by atoms with Crippen LogP contribution >= 0.6 is 0 Å². The van der Waals surface area contributed by atoms with E-state index in [2.05, 4.69) is 59.6 Å². The summed E-state index contributed by atoms with van der Waals surface area (Å²) in [6.45, 7) is 19.7. The predicted octanol–water partition coefficient (Wildman–Crippen LogP) is 6.32. The third-order valence-electron chi connectivity index (χ3n) is 6.59. The molecule has 1 aliphatic rings. The summed E-state index contributed by atoms with van der Waals surface area (Å²) in [5, 5.41) is 0.107. The minimum Gasteiger partial charge on any atom is -0.532 e. The van der Waals surface area contributed by atoms with Gasteiger partial charge in [-0.15, -0.1) is 0 Å². The highest BCUT2D eigenvalue weighted by atomic mass is 28.4. The SMILES string of the molecule is Cc1cc(O[Si](C)(C)C(C)(C)C)[nH]c1C(=O)O[C@H]1C[C@@H](C)CC[C@@H]1C(C)C. The number of carbonyl (C=O) groups excluding carboxylic acids is 1. The molecule has 0 radical (unpaired) electrons. The van der Waals surface area contributed by atoms with Crippen LogP contribution in [0.2, 0.25) is 18.1 Å². The van der Waals surface area contributed by atoms with E-state index in [1.54, 1.807) is 0 Å². The Morgan fingerprint density at radius 1 is 1.26 bits per heavy atom. The Labute approximate surface area is 166 Å². The van der Waals surface area contributed by atoms with Gasteiger partial charge in [0.05, 0.1) is 0 Å². The summed E-state index contributed by atoms with van der Waals surface area (Å²) < 4.78 is 12.3. The molecule has 2 rings (SSSR count). The van der Waals surface area contributed by atoms with Gasteiger partial charge in [0.1, 0.15) is 11.8 Å². The molecule has 5 heteroatoms. The molecule has 1 N–H and O–H groups in total. The van der Waals surface area contributed by atoms with Crippen molar-refractivity contribution in [3.8, 4) is 5.88 Å². The number of aryl methyl sites for hydroxylation is 1. The number of rotatable bonds is 5. The number of esters is 1. The summed E-state index contributed by atoms with van der Waals surface area (Å²) in [4.78, 5) is 16.1. The standard InChI is InChI=1S/C22H39NO3Si/c1-14(2)17-11-10-15(3)12-18(17)25-21(24)20-16(4)13-19(23-20)26-27(8,9)22(5,6)7/h13-15,17-18,23H,10-12H2,1-9H3/t15-,17+,18-/m0/s1. The van der Waals surface area contributed by atoms with E-state index < -0.39 is 8.32 Å². The number of hydrogen-bond acceptors (Lipinski definition) is 3. The Bertz CT molecular complexity index is 657. The van der Waals surface area contributed by atoms with Crippen molar-refractivity contribution in [2.75, 3.05) is 0 Å². The number of hydrogen-bond donors (Lipinski definition) is 1. The van der Waals surface area contributed by atoms with E-state index in [4.69, 9.17) is 9.16 Å². The Morgan fingerprint density at radius 2 is 1.89 bits per heavy atom. The van der Waals surface area contributed by atoms with Crippen molar-refractivity contribution >= 4 is 14.3 Å². The van der Waals surface area contributed by atoms with Gasteiger partial charge in [-0.1, -0.05) is 48.0 Å². The molecule has 1 aromatic rings. The zero-order chi connectivity index (χ0) is 20.6. The summed E-state index contributed by atoms with van der Waals surface area (Å²) in [6.07, 6.45) is 3.33. The second-order valence-electron chi connectivity index (χ2n) is 10.3. The summed E-state index contributed by atoms with van der Waals surface area (Å²) in [7, 11) is -1.95. The molecule has 0 saturated heterocycles. The second kappa shape index (κ2) is 8.02. The van der Waals surface area contributed by atoms with Gasteiger partial charge in [0, 0.05) is 6.07 Å². The fourth-order valence-electron chi connectivity index (χ4n) is 3.67. The quantitative estimate of drug-likeness (QED) is 0.470. The van der Waals surface area contributed by atoms with Gasteiger partial charge in [-0.25, -0.2) is 4.79 Å². The van der Waals surface area contributed by atoms with E-state index in [0.717, 1.165) is 18.4 Å². The van der Waals surface area contributed by atoms with Crippen molar-refractivity contribution in [1.82, 2.24) is 4.98 Å². The van der Waals surface area contributed by atoms with Crippen LogP contribution in [0.5, 0.6) is 5.88 Å². The maximum atomic E-state index is 12.9. The Hall–Kier alpha value is -1.23. The van der Waals surface area contributed by atoms with Crippen LogP contribution in [0.4, 0.5) is 0 Å². The Balaban J connectivity index is 2.14. The van der Waals surface area contributed by atoms with Gasteiger partial charge < -0.3 is 14.1 Å². The predicted molar refractivity (Wildman–Crippen MR) is 114 cm³/mol. The first-order valence-electron chi connectivity index (χ1n) is 10.4. The lowest BCUT2D eigenvalue weighted by Gasteiger charge is -2.36. The molecule has 0 aliphatic heterocycles. The lowest BCUT2D eigenvalue weighted by molar-refractivity contribution is -0.0179. The van der Waals surface area contributed by atoms with Crippen molar-refractivity contribution in [3.63, 3.8) is 0 Å². The van der Waals surface area contributed by atoms with Crippen LogP contribution in [-0.4, -0.2) is 25.4 Å². The van der Waals surface area contributed by atoms with Crippen LogP contribution in [-0.2, 0) is 4.74 Å². The molecule has 1 fully saturated rings. The highest BCUT2D eigenvalue weighted by molar-refractivity contribution is 6.74. The molecule has 1 aromatic heterocycles. The average Bonchev–Trinajstić information content (AvgIpc) is 2.85. The van der Waals surface area contributed by atoms with Gasteiger partial charge in [0.15, 0.2) is 5.88 Å². The van der Waals surface area contributed by atoms with Crippen molar-refractivity contribution < 1.29 is 14.0 Å². The fraction of sp³-hybridized carbons (Fsp3) is 0.773. The molecule has 0 unspecified atom stereocenters. The molecule has 0 aromatic carbocycles. The monoisotopic (exact) mass is 393 g/mol. The van der Waals surface area contributed by atoms with E-state index in [1.165, 1.54) is 6.42 Å². The maximum absolute atomic E-state index is 12.9. The first-order chi connectivity index (χ1) is 12.3. The largest absolute Gasteiger partial charge is 0.532 e. The van der Waals surface area contributed by atoms with Gasteiger partial charge in [-0.2, -0.15) is 0 Å². The van der Waals surface area contributed by atoms with Crippen LogP contribution in [0.1, 0.15) is 76.9 Å². The van der Waals surface area contributed by atoms with Crippen LogP contribution in [0.15, 0.2) is 6.07 Å². The number of carbonyl (C=O) groups is 1. The van der Waals surface area contributed by atoms with Crippen molar-refractivity contribution in [2.24, 2.45) is 17.8 Å². The third-order valence-corrected chi connectivity index (χ3v) is 10.9. The summed E-state index contributed by atoms with van der Waals surface area (Å²) in [6, 6.07) is 1.93. The molecule has 4 nitrogen and oxygen atoms in total. The van der Waals surface area contributed by atoms with Crippen LogP contribution < -0.4 is 4.43 Å². The molecule has 1 saturated carbocycles. The van der Waals surface area contributed by atoms with E-state index in [1.807, 2.05) is 13.0 Å². The highest BCUT2D eigenvalue weighted by Gasteiger charge is 2.40. The molecule has 0 bridgehead atoms. The van der Waals surface area contributed by atoms with E-state index >= 15 is 0 Å². The molecular formula is C22H39NO3Si. The minimum absolute atomic E-state index is 0.00806. The van der Waals surface area contributed by atoms with Gasteiger partial charge >= 0.3 is 5.97 Å². The normalized spacial score (nSPS) is 24.1. The maximum Gasteiger partial charge on any atom is 0.355 e. The number of nitrogens with one attached hydrogen (secondary N) is 1. The molecule has 1 heterocycles. The number of aromatic nitrogens is 1. The molecule has 154 valence electrons. The minimum atomic E-state index is -1.95. The van der Waals surface area contributed by atoms with Crippen LogP contribution in [0, 0.1) is 24.7 Å². The summed E-state index contributed by atoms with van der Waals surface area (Å²) in [5.74, 6) is 2.02. The topological polar surface area (TPSA) is 51.3 Å². The van der Waals surface area contributed by atoms with E-state index in [0.29, 0.717) is 29.3 Å². The van der Waals surface area contributed by atoms with Crippen molar-refractivity contribution in [3.05, 3.63) is 17.3 Å². The molecule has 3 atom stereocenters. The third kappa shape index (κ3) is 5.18. The van der Waals surface area contributed by atoms with Crippen LogP contribution in [0.25, 0.3) is 0 Å². The van der Waals surface area contributed by atoms with Crippen LogP contribution in [0.3, 0.4) is 0 Å². The number of aromatic amines is 1. The van der Waals surface area contributed by atoms with Crippen molar-refractivity contribution in [2.45, 2.75) is 92.0 Å². The number of H-pyrrole nitrogens is 1. The Morgan fingerprint density at radius 3 is 2.44 bits per heavy atom. The van der Waals surface area contributed by atoms with E-state index in [9.17, 15) is 4.79 Å². The average molecular weight is 394 g/mol. The van der Waals surface area contributed by atoms with Gasteiger partial charge in [-0.3, -0.25) is 0 Å². The Kier molecular flexibility index (Phi) is 6.55. The smallest absolute Gasteiger partial charge is 0.355 e. The lowest BCUT2D eigenvalue weighted by Crippen LogP contribution is -2.44. The summed E-state index contributed by atoms with van der Waals surface area (Å²) in [5.41, 5.74) is 1.42. The first-order valence-corrected chi connectivity index (χ1v) is 13.3.